The highest BCUT2D eigenvalue weighted by atomic mass is 19.1. The van der Waals surface area contributed by atoms with E-state index in [-0.39, 0.29) is 18.3 Å². The van der Waals surface area contributed by atoms with Gasteiger partial charge in [0.2, 0.25) is 0 Å². The maximum absolute atomic E-state index is 15.0. The van der Waals surface area contributed by atoms with E-state index in [0.29, 0.717) is 31.7 Å². The van der Waals surface area contributed by atoms with Crippen molar-refractivity contribution in [2.45, 2.75) is 25.1 Å². The molecule has 1 saturated heterocycles. The van der Waals surface area contributed by atoms with Crippen LogP contribution in [-0.2, 0) is 23.4 Å². The predicted molar refractivity (Wildman–Crippen MR) is 158 cm³/mol. The third-order valence-electron chi connectivity index (χ3n) is 8.06. The van der Waals surface area contributed by atoms with Crippen LogP contribution in [0.15, 0.2) is 98.0 Å². The number of halogens is 3. The first-order valence-electron chi connectivity index (χ1n) is 14.3. The molecule has 1 unspecified atom stereocenters. The standard InChI is InChI=1S/C33H28F3N7O/c34-26-4-2-25(3-5-26)32-31(24-9-11-37-12-10-24)30-8-1-22(17-43(30)41-32)15-38-16-23-14-33(44-18-23,19-42-21-39-20-40-42)28-7-6-27(35)13-29(28)36/h1-13,17,20-21,23,38H,14-16,18-19H2/t23-,33?/m0/s1. The number of pyridine rings is 2. The van der Waals surface area contributed by atoms with Crippen molar-refractivity contribution >= 4 is 5.52 Å². The number of fused-ring (bicyclic) bond motifs is 1. The van der Waals surface area contributed by atoms with Gasteiger partial charge in [0.25, 0.3) is 0 Å². The van der Waals surface area contributed by atoms with E-state index in [1.165, 1.54) is 30.6 Å². The Kier molecular flexibility index (Phi) is 7.41. The molecule has 0 radical (unpaired) electrons. The van der Waals surface area contributed by atoms with E-state index >= 15 is 0 Å². The molecule has 7 rings (SSSR count). The first kappa shape index (κ1) is 27.9. The summed E-state index contributed by atoms with van der Waals surface area (Å²) >= 11 is 0. The van der Waals surface area contributed by atoms with E-state index in [1.807, 2.05) is 28.9 Å². The lowest BCUT2D eigenvalue weighted by Gasteiger charge is -2.29. The molecule has 2 aromatic carbocycles. The monoisotopic (exact) mass is 595 g/mol. The van der Waals surface area contributed by atoms with Gasteiger partial charge < -0.3 is 10.1 Å². The summed E-state index contributed by atoms with van der Waals surface area (Å²) < 4.78 is 52.1. The number of benzene rings is 2. The average Bonchev–Trinajstić information content (AvgIpc) is 3.78. The Hall–Kier alpha value is -4.87. The summed E-state index contributed by atoms with van der Waals surface area (Å²) in [5.74, 6) is -1.50. The third kappa shape index (κ3) is 5.47. The van der Waals surface area contributed by atoms with E-state index in [4.69, 9.17) is 9.84 Å². The minimum atomic E-state index is -0.994. The quantitative estimate of drug-likeness (QED) is 0.228. The van der Waals surface area contributed by atoms with Gasteiger partial charge in [0, 0.05) is 54.4 Å². The van der Waals surface area contributed by atoms with Crippen molar-refractivity contribution in [1.82, 2.24) is 34.7 Å². The fraction of sp³-hybridized carbons (Fsp3) is 0.212. The fourth-order valence-electron chi connectivity index (χ4n) is 6.04. The summed E-state index contributed by atoms with van der Waals surface area (Å²) in [7, 11) is 0. The van der Waals surface area contributed by atoms with Crippen molar-refractivity contribution in [2.24, 2.45) is 5.92 Å². The molecule has 4 aromatic heterocycles. The molecule has 44 heavy (non-hydrogen) atoms. The normalized spacial score (nSPS) is 18.3. The van der Waals surface area contributed by atoms with Gasteiger partial charge in [0.1, 0.15) is 41.4 Å². The van der Waals surface area contributed by atoms with Gasteiger partial charge in [-0.2, -0.15) is 10.2 Å². The highest BCUT2D eigenvalue weighted by Gasteiger charge is 2.44. The number of hydrogen-bond donors (Lipinski definition) is 1. The van der Waals surface area contributed by atoms with Crippen molar-refractivity contribution in [3.8, 4) is 22.4 Å². The average molecular weight is 596 g/mol. The number of aromatic nitrogens is 6. The highest BCUT2D eigenvalue weighted by Crippen LogP contribution is 2.42. The van der Waals surface area contributed by atoms with Gasteiger partial charge in [-0.15, -0.1) is 0 Å². The number of hydrogen-bond acceptors (Lipinski definition) is 6. The summed E-state index contributed by atoms with van der Waals surface area (Å²) in [5, 5.41) is 12.6. The lowest BCUT2D eigenvalue weighted by molar-refractivity contribution is -0.0204. The van der Waals surface area contributed by atoms with E-state index in [1.54, 1.807) is 35.5 Å². The van der Waals surface area contributed by atoms with Gasteiger partial charge in [-0.1, -0.05) is 12.1 Å². The van der Waals surface area contributed by atoms with Gasteiger partial charge in [-0.05, 0) is 72.0 Å². The second-order valence-corrected chi connectivity index (χ2v) is 11.1. The van der Waals surface area contributed by atoms with Crippen molar-refractivity contribution in [3.05, 3.63) is 127 Å². The van der Waals surface area contributed by atoms with Crippen LogP contribution in [-0.4, -0.2) is 42.5 Å². The second kappa shape index (κ2) is 11.7. The Labute approximate surface area is 251 Å². The molecule has 6 aromatic rings. The van der Waals surface area contributed by atoms with Crippen LogP contribution in [0.1, 0.15) is 17.5 Å². The van der Waals surface area contributed by atoms with Crippen LogP contribution >= 0.6 is 0 Å². The SMILES string of the molecule is Fc1ccc(-c2nn3cc(CNC[C@H]4COC(Cn5cncn5)(c5ccc(F)cc5F)C4)ccc3c2-c2ccncc2)cc1. The molecule has 5 heterocycles. The van der Waals surface area contributed by atoms with Crippen LogP contribution in [0.25, 0.3) is 27.9 Å². The smallest absolute Gasteiger partial charge is 0.137 e. The maximum atomic E-state index is 15.0. The van der Waals surface area contributed by atoms with Crippen LogP contribution in [0.4, 0.5) is 13.2 Å². The first-order chi connectivity index (χ1) is 21.5. The lowest BCUT2D eigenvalue weighted by Crippen LogP contribution is -2.33. The number of nitrogens with one attached hydrogen (secondary N) is 1. The molecule has 222 valence electrons. The number of rotatable bonds is 9. The van der Waals surface area contributed by atoms with Crippen molar-refractivity contribution in [2.75, 3.05) is 13.2 Å². The van der Waals surface area contributed by atoms with Crippen molar-refractivity contribution in [1.29, 1.82) is 0 Å². The topological polar surface area (TPSA) is 82.2 Å². The van der Waals surface area contributed by atoms with Gasteiger partial charge >= 0.3 is 0 Å². The number of nitrogens with zero attached hydrogens (tertiary/aromatic N) is 6. The zero-order chi connectivity index (χ0) is 30.1. The van der Waals surface area contributed by atoms with Crippen LogP contribution < -0.4 is 5.32 Å². The predicted octanol–water partition coefficient (Wildman–Crippen LogP) is 5.79. The molecule has 1 aliphatic rings. The summed E-state index contributed by atoms with van der Waals surface area (Å²) in [6.07, 6.45) is 8.96. The second-order valence-electron chi connectivity index (χ2n) is 11.1. The third-order valence-corrected chi connectivity index (χ3v) is 8.06. The zero-order valence-corrected chi connectivity index (χ0v) is 23.6. The zero-order valence-electron chi connectivity index (χ0n) is 23.6. The highest BCUT2D eigenvalue weighted by molar-refractivity contribution is 5.92. The van der Waals surface area contributed by atoms with Gasteiger partial charge in [-0.25, -0.2) is 27.4 Å². The minimum absolute atomic E-state index is 0.0831. The molecule has 2 atom stereocenters. The molecular weight excluding hydrogens is 567 g/mol. The number of ether oxygens (including phenoxy) is 1. The maximum Gasteiger partial charge on any atom is 0.137 e. The molecule has 1 fully saturated rings. The molecule has 0 saturated carbocycles. The molecule has 8 nitrogen and oxygen atoms in total. The summed E-state index contributed by atoms with van der Waals surface area (Å²) in [5.41, 5.74) is 4.73. The van der Waals surface area contributed by atoms with Crippen LogP contribution in [0, 0.1) is 23.4 Å². The molecule has 0 bridgehead atoms. The van der Waals surface area contributed by atoms with E-state index in [9.17, 15) is 13.2 Å². The van der Waals surface area contributed by atoms with Crippen LogP contribution in [0.2, 0.25) is 0 Å². The summed E-state index contributed by atoms with van der Waals surface area (Å²) in [4.78, 5) is 8.15. The van der Waals surface area contributed by atoms with E-state index in [0.717, 1.165) is 39.5 Å². The molecule has 11 heteroatoms. The molecule has 0 spiro atoms. The molecule has 0 amide bonds. The van der Waals surface area contributed by atoms with Gasteiger partial charge in [0.15, 0.2) is 0 Å². The Morgan fingerprint density at radius 1 is 0.909 bits per heavy atom. The lowest BCUT2D eigenvalue weighted by atomic mass is 9.86. The van der Waals surface area contributed by atoms with Crippen molar-refractivity contribution in [3.63, 3.8) is 0 Å². The minimum Gasteiger partial charge on any atom is -0.368 e. The molecule has 1 aliphatic heterocycles. The first-order valence-corrected chi connectivity index (χ1v) is 14.3. The largest absolute Gasteiger partial charge is 0.368 e. The van der Waals surface area contributed by atoms with Gasteiger partial charge in [0.05, 0.1) is 18.7 Å². The van der Waals surface area contributed by atoms with E-state index in [2.05, 4.69) is 26.4 Å². The Bertz CT molecular complexity index is 1900. The Morgan fingerprint density at radius 2 is 1.73 bits per heavy atom. The Balaban J connectivity index is 1.10. The van der Waals surface area contributed by atoms with E-state index < -0.39 is 17.2 Å². The van der Waals surface area contributed by atoms with Crippen LogP contribution in [0.3, 0.4) is 0 Å². The summed E-state index contributed by atoms with van der Waals surface area (Å²) in [6, 6.07) is 17.9. The fourth-order valence-corrected chi connectivity index (χ4v) is 6.04. The Morgan fingerprint density at radius 3 is 2.50 bits per heavy atom. The van der Waals surface area contributed by atoms with Crippen molar-refractivity contribution < 1.29 is 17.9 Å². The molecular formula is C33H28F3N7O. The van der Waals surface area contributed by atoms with Crippen LogP contribution in [0.5, 0.6) is 0 Å². The molecule has 0 aliphatic carbocycles. The summed E-state index contributed by atoms with van der Waals surface area (Å²) in [6.45, 7) is 1.87. The molecule has 1 N–H and O–H groups in total. The van der Waals surface area contributed by atoms with Gasteiger partial charge in [-0.3, -0.25) is 4.98 Å².